The zero-order valence-electron chi connectivity index (χ0n) is 11.8. The van der Waals surface area contributed by atoms with E-state index < -0.39 is 0 Å². The predicted octanol–water partition coefficient (Wildman–Crippen LogP) is 0.318. The van der Waals surface area contributed by atoms with Gasteiger partial charge in [-0.2, -0.15) is 5.10 Å². The fourth-order valence-electron chi connectivity index (χ4n) is 1.79. The summed E-state index contributed by atoms with van der Waals surface area (Å²) in [5.41, 5.74) is 6.56. The van der Waals surface area contributed by atoms with E-state index >= 15 is 0 Å². The number of carbonyl (C=O) groups excluding carboxylic acids is 1. The number of nitrogens with one attached hydrogen (secondary N) is 1. The first kappa shape index (κ1) is 14.5. The van der Waals surface area contributed by atoms with Crippen LogP contribution < -0.4 is 11.1 Å². The van der Waals surface area contributed by atoms with Crippen LogP contribution in [0.3, 0.4) is 0 Å². The molecule has 6 heteroatoms. The standard InChI is InChI=1S/C12H23N5O/c1-8(2)10(7-16(3)4)15-12(18)11-9(13)6-14-17(11)5/h6,8,10H,7,13H2,1-5H3,(H,15,18). The number of nitrogen functional groups attached to an aromatic ring is 1. The smallest absolute Gasteiger partial charge is 0.271 e. The van der Waals surface area contributed by atoms with Gasteiger partial charge < -0.3 is 16.0 Å². The summed E-state index contributed by atoms with van der Waals surface area (Å²) in [6, 6.07) is 0.0850. The number of nitrogens with zero attached hydrogens (tertiary/aromatic N) is 3. The lowest BCUT2D eigenvalue weighted by Gasteiger charge is -2.25. The molecule has 1 aromatic rings. The normalized spacial score (nSPS) is 13.1. The summed E-state index contributed by atoms with van der Waals surface area (Å²) < 4.78 is 1.50. The monoisotopic (exact) mass is 253 g/mol. The van der Waals surface area contributed by atoms with E-state index in [-0.39, 0.29) is 11.9 Å². The number of amides is 1. The minimum absolute atomic E-state index is 0.0850. The maximum atomic E-state index is 12.2. The summed E-state index contributed by atoms with van der Waals surface area (Å²) in [5, 5.41) is 6.98. The molecule has 3 N–H and O–H groups in total. The van der Waals surface area contributed by atoms with Gasteiger partial charge in [-0.1, -0.05) is 13.8 Å². The zero-order valence-corrected chi connectivity index (χ0v) is 11.8. The lowest BCUT2D eigenvalue weighted by Crippen LogP contribution is -2.45. The van der Waals surface area contributed by atoms with Gasteiger partial charge in [0.05, 0.1) is 11.9 Å². The highest BCUT2D eigenvalue weighted by molar-refractivity contribution is 5.97. The van der Waals surface area contributed by atoms with Crippen LogP contribution in [0.4, 0.5) is 5.69 Å². The van der Waals surface area contributed by atoms with Gasteiger partial charge in [0.25, 0.3) is 5.91 Å². The topological polar surface area (TPSA) is 76.2 Å². The van der Waals surface area contributed by atoms with E-state index in [1.165, 1.54) is 10.9 Å². The molecule has 1 amide bonds. The molecule has 0 spiro atoms. The average molecular weight is 253 g/mol. The van der Waals surface area contributed by atoms with E-state index in [9.17, 15) is 4.79 Å². The third-order valence-corrected chi connectivity index (χ3v) is 2.87. The fraction of sp³-hybridized carbons (Fsp3) is 0.667. The molecule has 0 bridgehead atoms. The van der Waals surface area contributed by atoms with Crippen LogP contribution >= 0.6 is 0 Å². The van der Waals surface area contributed by atoms with Crippen molar-refractivity contribution in [3.63, 3.8) is 0 Å². The van der Waals surface area contributed by atoms with Crippen molar-refractivity contribution in [2.45, 2.75) is 19.9 Å². The van der Waals surface area contributed by atoms with Crippen LogP contribution in [0.15, 0.2) is 6.20 Å². The molecule has 0 aromatic carbocycles. The summed E-state index contributed by atoms with van der Waals surface area (Å²) >= 11 is 0. The van der Waals surface area contributed by atoms with E-state index in [4.69, 9.17) is 5.73 Å². The van der Waals surface area contributed by atoms with Crippen LogP contribution in [0.5, 0.6) is 0 Å². The van der Waals surface area contributed by atoms with Crippen molar-refractivity contribution in [2.75, 3.05) is 26.4 Å². The molecule has 0 fully saturated rings. The van der Waals surface area contributed by atoms with Crippen LogP contribution in [0.25, 0.3) is 0 Å². The number of anilines is 1. The van der Waals surface area contributed by atoms with Crippen molar-refractivity contribution in [3.8, 4) is 0 Å². The van der Waals surface area contributed by atoms with E-state index in [1.54, 1.807) is 7.05 Å². The van der Waals surface area contributed by atoms with Crippen LogP contribution in [-0.4, -0.2) is 47.3 Å². The Morgan fingerprint density at radius 3 is 2.56 bits per heavy atom. The maximum absolute atomic E-state index is 12.2. The Labute approximate surface area is 108 Å². The highest BCUT2D eigenvalue weighted by atomic mass is 16.2. The molecular weight excluding hydrogens is 230 g/mol. The first-order valence-electron chi connectivity index (χ1n) is 6.06. The highest BCUT2D eigenvalue weighted by Crippen LogP contribution is 2.11. The average Bonchev–Trinajstić information content (AvgIpc) is 2.56. The summed E-state index contributed by atoms with van der Waals surface area (Å²) in [6.07, 6.45) is 1.49. The molecule has 18 heavy (non-hydrogen) atoms. The SMILES string of the molecule is CC(C)C(CN(C)C)NC(=O)c1c(N)cnn1C. The van der Waals surface area contributed by atoms with E-state index in [0.29, 0.717) is 17.3 Å². The number of likely N-dealkylation sites (N-methyl/N-ethyl adjacent to an activating group) is 1. The molecule has 0 radical (unpaired) electrons. The lowest BCUT2D eigenvalue weighted by atomic mass is 10.0. The molecule has 1 heterocycles. The van der Waals surface area contributed by atoms with Gasteiger partial charge in [-0.05, 0) is 20.0 Å². The van der Waals surface area contributed by atoms with E-state index in [0.717, 1.165) is 6.54 Å². The Morgan fingerprint density at radius 1 is 1.56 bits per heavy atom. The highest BCUT2D eigenvalue weighted by Gasteiger charge is 2.21. The molecule has 1 unspecified atom stereocenters. The predicted molar refractivity (Wildman–Crippen MR) is 72.3 cm³/mol. The molecule has 0 saturated carbocycles. The van der Waals surface area contributed by atoms with E-state index in [2.05, 4.69) is 29.2 Å². The second-order valence-electron chi connectivity index (χ2n) is 5.16. The van der Waals surface area contributed by atoms with Crippen molar-refractivity contribution >= 4 is 11.6 Å². The number of hydrogen-bond donors (Lipinski definition) is 2. The largest absolute Gasteiger partial charge is 0.396 e. The maximum Gasteiger partial charge on any atom is 0.271 e. The van der Waals surface area contributed by atoms with Crippen LogP contribution in [0, 0.1) is 5.92 Å². The van der Waals surface area contributed by atoms with Crippen molar-refractivity contribution in [2.24, 2.45) is 13.0 Å². The summed E-state index contributed by atoms with van der Waals surface area (Å²) in [7, 11) is 5.68. The Kier molecular flexibility index (Phi) is 4.72. The van der Waals surface area contributed by atoms with Crippen LogP contribution in [0.1, 0.15) is 24.3 Å². The molecule has 0 aliphatic heterocycles. The van der Waals surface area contributed by atoms with Gasteiger partial charge >= 0.3 is 0 Å². The van der Waals surface area contributed by atoms with Gasteiger partial charge in [-0.15, -0.1) is 0 Å². The van der Waals surface area contributed by atoms with Gasteiger partial charge in [0, 0.05) is 19.6 Å². The zero-order chi connectivity index (χ0) is 13.9. The Morgan fingerprint density at radius 2 is 2.17 bits per heavy atom. The van der Waals surface area contributed by atoms with Crippen LogP contribution in [0.2, 0.25) is 0 Å². The third-order valence-electron chi connectivity index (χ3n) is 2.87. The molecular formula is C12H23N5O. The number of nitrogens with two attached hydrogens (primary N) is 1. The van der Waals surface area contributed by atoms with E-state index in [1.807, 2.05) is 14.1 Å². The third kappa shape index (κ3) is 3.46. The molecule has 1 atom stereocenters. The Hall–Kier alpha value is -1.56. The second-order valence-corrected chi connectivity index (χ2v) is 5.16. The summed E-state index contributed by atoms with van der Waals surface area (Å²) in [4.78, 5) is 14.2. The number of hydrogen-bond acceptors (Lipinski definition) is 4. The molecule has 6 nitrogen and oxygen atoms in total. The molecule has 1 aromatic heterocycles. The minimum Gasteiger partial charge on any atom is -0.396 e. The van der Waals surface area contributed by atoms with Crippen molar-refractivity contribution < 1.29 is 4.79 Å². The molecule has 102 valence electrons. The summed E-state index contributed by atoms with van der Waals surface area (Å²) in [5.74, 6) is 0.179. The molecule has 0 aliphatic rings. The minimum atomic E-state index is -0.173. The van der Waals surface area contributed by atoms with Gasteiger partial charge in [0.15, 0.2) is 0 Å². The molecule has 0 saturated heterocycles. The fourth-order valence-corrected chi connectivity index (χ4v) is 1.79. The number of rotatable bonds is 5. The summed E-state index contributed by atoms with van der Waals surface area (Å²) in [6.45, 7) is 4.96. The van der Waals surface area contributed by atoms with Crippen molar-refractivity contribution in [1.82, 2.24) is 20.0 Å². The lowest BCUT2D eigenvalue weighted by molar-refractivity contribution is 0.0908. The number of carbonyl (C=O) groups is 1. The first-order chi connectivity index (χ1) is 8.32. The molecule has 0 aliphatic carbocycles. The first-order valence-corrected chi connectivity index (χ1v) is 6.06. The van der Waals surface area contributed by atoms with Gasteiger partial charge in [-0.25, -0.2) is 0 Å². The Bertz CT molecular complexity index is 391. The van der Waals surface area contributed by atoms with Crippen molar-refractivity contribution in [1.29, 1.82) is 0 Å². The van der Waals surface area contributed by atoms with Gasteiger partial charge in [-0.3, -0.25) is 9.48 Å². The Balaban J connectivity index is 2.79. The quantitative estimate of drug-likeness (QED) is 0.792. The van der Waals surface area contributed by atoms with Gasteiger partial charge in [0.1, 0.15) is 5.69 Å². The van der Waals surface area contributed by atoms with Crippen LogP contribution in [-0.2, 0) is 7.05 Å². The molecule has 1 rings (SSSR count). The number of aryl methyl sites for hydroxylation is 1. The van der Waals surface area contributed by atoms with Crippen molar-refractivity contribution in [3.05, 3.63) is 11.9 Å². The second kappa shape index (κ2) is 5.86. The van der Waals surface area contributed by atoms with Gasteiger partial charge in [0.2, 0.25) is 0 Å². The number of aromatic nitrogens is 2.